The lowest BCUT2D eigenvalue weighted by atomic mass is 9.98. The molecule has 6 nitrogen and oxygen atoms in total. The van der Waals surface area contributed by atoms with Crippen molar-refractivity contribution in [1.29, 1.82) is 0 Å². The minimum atomic E-state index is -0.895. The Morgan fingerprint density at radius 1 is 1.38 bits per heavy atom. The molecule has 1 saturated heterocycles. The molecule has 2 atom stereocenters. The molecule has 24 heavy (non-hydrogen) atoms. The van der Waals surface area contributed by atoms with Crippen LogP contribution in [0.25, 0.3) is 0 Å². The molecule has 1 fully saturated rings. The first-order chi connectivity index (χ1) is 11.4. The Morgan fingerprint density at radius 2 is 2.04 bits per heavy atom. The second-order valence-corrected chi connectivity index (χ2v) is 6.75. The molecular formula is C18H27N3O3. The summed E-state index contributed by atoms with van der Waals surface area (Å²) in [6.45, 7) is 7.63. The lowest BCUT2D eigenvalue weighted by Gasteiger charge is -2.30. The molecular weight excluding hydrogens is 306 g/mol. The third kappa shape index (κ3) is 4.46. The smallest absolute Gasteiger partial charge is 0.326 e. The quantitative estimate of drug-likeness (QED) is 0.836. The van der Waals surface area contributed by atoms with E-state index in [0.29, 0.717) is 17.3 Å². The number of nitrogens with zero attached hydrogens (tertiary/aromatic N) is 2. The summed E-state index contributed by atoms with van der Waals surface area (Å²) >= 11 is 0. The van der Waals surface area contributed by atoms with Crippen LogP contribution in [0.15, 0.2) is 18.3 Å². The van der Waals surface area contributed by atoms with Crippen molar-refractivity contribution in [3.05, 3.63) is 23.9 Å². The summed E-state index contributed by atoms with van der Waals surface area (Å²) < 4.78 is 0. The van der Waals surface area contributed by atoms with Crippen LogP contribution in [-0.2, 0) is 4.79 Å². The monoisotopic (exact) mass is 333 g/mol. The van der Waals surface area contributed by atoms with Gasteiger partial charge in [-0.25, -0.2) is 9.78 Å². The Hall–Kier alpha value is -2.11. The summed E-state index contributed by atoms with van der Waals surface area (Å²) in [6.07, 6.45) is 4.36. The predicted molar refractivity (Wildman–Crippen MR) is 93.0 cm³/mol. The van der Waals surface area contributed by atoms with Gasteiger partial charge in [0.1, 0.15) is 11.9 Å². The first-order valence-electron chi connectivity index (χ1n) is 8.67. The zero-order valence-corrected chi connectivity index (χ0v) is 14.7. The van der Waals surface area contributed by atoms with Crippen molar-refractivity contribution in [2.24, 2.45) is 11.8 Å². The largest absolute Gasteiger partial charge is 0.480 e. The fraction of sp³-hybridized carbons (Fsp3) is 0.611. The number of nitrogens with one attached hydrogen (secondary N) is 1. The number of hydrogen-bond acceptors (Lipinski definition) is 4. The second-order valence-electron chi connectivity index (χ2n) is 6.75. The van der Waals surface area contributed by atoms with E-state index in [-0.39, 0.29) is 11.8 Å². The number of rotatable bonds is 6. The minimum Gasteiger partial charge on any atom is -0.480 e. The Labute approximate surface area is 143 Å². The first-order valence-corrected chi connectivity index (χ1v) is 8.67. The number of aromatic nitrogens is 1. The van der Waals surface area contributed by atoms with Gasteiger partial charge in [-0.15, -0.1) is 0 Å². The molecule has 0 spiro atoms. The van der Waals surface area contributed by atoms with E-state index in [2.05, 4.69) is 17.2 Å². The summed E-state index contributed by atoms with van der Waals surface area (Å²) in [6, 6.07) is 2.70. The van der Waals surface area contributed by atoms with Crippen LogP contribution in [0.2, 0.25) is 0 Å². The number of aliphatic carboxylic acids is 1. The van der Waals surface area contributed by atoms with Crippen molar-refractivity contribution < 1.29 is 14.7 Å². The standard InChI is InChI=1S/C18H27N3O3/c1-4-13(3)16(18(23)24)20-15-6-5-14(11-19-15)17(22)21-9-7-12(2)8-10-21/h5-6,11-13,16H,4,7-10H2,1-3H3,(H,19,20)(H,23,24)/t13-,16-/m0/s1. The normalized spacial score (nSPS) is 18.0. The summed E-state index contributed by atoms with van der Waals surface area (Å²) in [7, 11) is 0. The van der Waals surface area contributed by atoms with Crippen molar-refractivity contribution in [3.63, 3.8) is 0 Å². The van der Waals surface area contributed by atoms with Crippen LogP contribution in [0.4, 0.5) is 5.82 Å². The molecule has 0 radical (unpaired) electrons. The molecule has 1 aliphatic rings. The van der Waals surface area contributed by atoms with Crippen LogP contribution in [0, 0.1) is 11.8 Å². The maximum atomic E-state index is 12.5. The number of pyridine rings is 1. The number of carbonyl (C=O) groups excluding carboxylic acids is 1. The molecule has 132 valence electrons. The molecule has 0 bridgehead atoms. The fourth-order valence-electron chi connectivity index (χ4n) is 2.84. The van der Waals surface area contributed by atoms with Gasteiger partial charge in [-0.2, -0.15) is 0 Å². The van der Waals surface area contributed by atoms with Gasteiger partial charge in [-0.1, -0.05) is 27.2 Å². The fourth-order valence-corrected chi connectivity index (χ4v) is 2.84. The zero-order chi connectivity index (χ0) is 17.7. The number of likely N-dealkylation sites (tertiary alicyclic amines) is 1. The molecule has 1 aromatic heterocycles. The maximum Gasteiger partial charge on any atom is 0.326 e. The molecule has 0 unspecified atom stereocenters. The Balaban J connectivity index is 2.02. The molecule has 6 heteroatoms. The summed E-state index contributed by atoms with van der Waals surface area (Å²) in [5.41, 5.74) is 0.547. The lowest BCUT2D eigenvalue weighted by Crippen LogP contribution is -2.38. The highest BCUT2D eigenvalue weighted by molar-refractivity contribution is 5.94. The van der Waals surface area contributed by atoms with Crippen LogP contribution in [0.5, 0.6) is 0 Å². The Morgan fingerprint density at radius 3 is 2.54 bits per heavy atom. The molecule has 1 amide bonds. The van der Waals surface area contributed by atoms with Crippen LogP contribution >= 0.6 is 0 Å². The number of amides is 1. The van der Waals surface area contributed by atoms with Gasteiger partial charge in [0.2, 0.25) is 0 Å². The summed E-state index contributed by atoms with van der Waals surface area (Å²) in [4.78, 5) is 29.9. The van der Waals surface area contributed by atoms with Gasteiger partial charge in [0.25, 0.3) is 5.91 Å². The third-order valence-electron chi connectivity index (χ3n) is 4.86. The topological polar surface area (TPSA) is 82.5 Å². The second kappa shape index (κ2) is 8.13. The number of carbonyl (C=O) groups is 2. The number of piperidine rings is 1. The van der Waals surface area contributed by atoms with E-state index in [4.69, 9.17) is 0 Å². The van der Waals surface area contributed by atoms with Crippen molar-refractivity contribution in [3.8, 4) is 0 Å². The van der Waals surface area contributed by atoms with Gasteiger partial charge in [-0.3, -0.25) is 4.79 Å². The van der Waals surface area contributed by atoms with E-state index < -0.39 is 12.0 Å². The van der Waals surface area contributed by atoms with Crippen LogP contribution in [0.1, 0.15) is 50.4 Å². The number of carboxylic acid groups (broad SMARTS) is 1. The number of hydrogen-bond donors (Lipinski definition) is 2. The van der Waals surface area contributed by atoms with E-state index in [1.807, 2.05) is 18.7 Å². The average molecular weight is 333 g/mol. The lowest BCUT2D eigenvalue weighted by molar-refractivity contribution is -0.139. The molecule has 2 heterocycles. The molecule has 0 aromatic carbocycles. The van der Waals surface area contributed by atoms with Crippen molar-refractivity contribution in [2.45, 2.75) is 46.1 Å². The van der Waals surface area contributed by atoms with Crippen LogP contribution in [0.3, 0.4) is 0 Å². The zero-order valence-electron chi connectivity index (χ0n) is 14.7. The molecule has 2 rings (SSSR count). The summed E-state index contributed by atoms with van der Waals surface area (Å²) in [5.74, 6) is 0.242. The van der Waals surface area contributed by atoms with E-state index in [9.17, 15) is 14.7 Å². The van der Waals surface area contributed by atoms with Gasteiger partial charge in [0.15, 0.2) is 0 Å². The third-order valence-corrected chi connectivity index (χ3v) is 4.86. The van der Waals surface area contributed by atoms with Crippen molar-refractivity contribution >= 4 is 17.7 Å². The Kier molecular flexibility index (Phi) is 6.17. The van der Waals surface area contributed by atoms with Gasteiger partial charge < -0.3 is 15.3 Å². The minimum absolute atomic E-state index is 0.00217. The van der Waals surface area contributed by atoms with E-state index >= 15 is 0 Å². The first kappa shape index (κ1) is 18.2. The van der Waals surface area contributed by atoms with Crippen molar-refractivity contribution in [2.75, 3.05) is 18.4 Å². The van der Waals surface area contributed by atoms with Crippen LogP contribution < -0.4 is 5.32 Å². The van der Waals surface area contributed by atoms with Gasteiger partial charge in [0, 0.05) is 19.3 Å². The molecule has 1 aliphatic heterocycles. The highest BCUT2D eigenvalue weighted by Gasteiger charge is 2.24. The molecule has 0 saturated carbocycles. The molecule has 2 N–H and O–H groups in total. The Bertz CT molecular complexity index is 565. The van der Waals surface area contributed by atoms with Crippen molar-refractivity contribution in [1.82, 2.24) is 9.88 Å². The highest BCUT2D eigenvalue weighted by atomic mass is 16.4. The SMILES string of the molecule is CC[C@H](C)[C@H](Nc1ccc(C(=O)N2CCC(C)CC2)cn1)C(=O)O. The predicted octanol–water partition coefficient (Wildman–Crippen LogP) is 2.86. The van der Waals surface area contributed by atoms with Gasteiger partial charge in [-0.05, 0) is 36.8 Å². The van der Waals surface area contributed by atoms with Crippen LogP contribution in [-0.4, -0.2) is 46.0 Å². The number of anilines is 1. The number of carboxylic acids is 1. The van der Waals surface area contributed by atoms with Gasteiger partial charge >= 0.3 is 5.97 Å². The van der Waals surface area contributed by atoms with Gasteiger partial charge in [0.05, 0.1) is 5.56 Å². The molecule has 1 aromatic rings. The molecule has 0 aliphatic carbocycles. The average Bonchev–Trinajstić information content (AvgIpc) is 2.59. The summed E-state index contributed by atoms with van der Waals surface area (Å²) in [5, 5.41) is 12.3. The van der Waals surface area contributed by atoms with E-state index in [0.717, 1.165) is 32.4 Å². The van der Waals surface area contributed by atoms with E-state index in [1.165, 1.54) is 6.20 Å². The highest BCUT2D eigenvalue weighted by Crippen LogP contribution is 2.19. The maximum absolute atomic E-state index is 12.5. The van der Waals surface area contributed by atoms with E-state index in [1.54, 1.807) is 12.1 Å².